The van der Waals surface area contributed by atoms with Crippen molar-refractivity contribution in [1.29, 1.82) is 0 Å². The van der Waals surface area contributed by atoms with E-state index in [9.17, 15) is 8.42 Å². The summed E-state index contributed by atoms with van der Waals surface area (Å²) in [6.07, 6.45) is 0. The molecule has 6 nitrogen and oxygen atoms in total. The Kier molecular flexibility index (Phi) is 5.79. The van der Waals surface area contributed by atoms with Crippen molar-refractivity contribution in [3.05, 3.63) is 18.2 Å². The van der Waals surface area contributed by atoms with E-state index in [1.54, 1.807) is 19.2 Å². The van der Waals surface area contributed by atoms with Gasteiger partial charge in [-0.15, -0.1) is 0 Å². The van der Waals surface area contributed by atoms with Gasteiger partial charge in [-0.2, -0.15) is 4.31 Å². The summed E-state index contributed by atoms with van der Waals surface area (Å²) in [6.45, 7) is 3.24. The smallest absolute Gasteiger partial charge is 0.246 e. The minimum absolute atomic E-state index is 0.112. The second kappa shape index (κ2) is 6.92. The molecule has 1 aromatic rings. The fourth-order valence-electron chi connectivity index (χ4n) is 1.63. The van der Waals surface area contributed by atoms with E-state index in [4.69, 9.17) is 10.5 Å². The number of nitrogens with zero attached hydrogens (tertiary/aromatic N) is 2. The number of rotatable bonds is 7. The molecule has 0 amide bonds. The highest BCUT2D eigenvalue weighted by atomic mass is 32.2. The zero-order valence-corrected chi connectivity index (χ0v) is 13.3. The maximum atomic E-state index is 12.6. The van der Waals surface area contributed by atoms with Crippen molar-refractivity contribution in [1.82, 2.24) is 9.21 Å². The number of sulfonamides is 1. The van der Waals surface area contributed by atoms with Gasteiger partial charge in [0.25, 0.3) is 0 Å². The van der Waals surface area contributed by atoms with Gasteiger partial charge < -0.3 is 15.4 Å². The number of hydrogen-bond donors (Lipinski definition) is 1. The van der Waals surface area contributed by atoms with Crippen LogP contribution in [0.2, 0.25) is 0 Å². The molecule has 114 valence electrons. The number of likely N-dealkylation sites (N-methyl/N-ethyl adjacent to an activating group) is 2. The van der Waals surface area contributed by atoms with Gasteiger partial charge in [0.1, 0.15) is 10.6 Å². The minimum Gasteiger partial charge on any atom is -0.492 e. The zero-order valence-electron chi connectivity index (χ0n) is 12.5. The van der Waals surface area contributed by atoms with Crippen molar-refractivity contribution in [3.63, 3.8) is 0 Å². The van der Waals surface area contributed by atoms with Crippen molar-refractivity contribution < 1.29 is 13.2 Å². The number of ether oxygens (including phenoxy) is 1. The van der Waals surface area contributed by atoms with Crippen LogP contribution >= 0.6 is 0 Å². The van der Waals surface area contributed by atoms with Crippen molar-refractivity contribution in [2.75, 3.05) is 46.6 Å². The molecule has 0 spiro atoms. The molecule has 0 aliphatic heterocycles. The topological polar surface area (TPSA) is 75.9 Å². The molecule has 2 N–H and O–H groups in total. The van der Waals surface area contributed by atoms with Crippen molar-refractivity contribution >= 4 is 15.7 Å². The molecule has 0 atom stereocenters. The summed E-state index contributed by atoms with van der Waals surface area (Å²) in [5.41, 5.74) is 6.09. The second-order valence-electron chi connectivity index (χ2n) is 4.77. The van der Waals surface area contributed by atoms with Gasteiger partial charge >= 0.3 is 0 Å². The SMILES string of the molecule is CCOc1ccc(N)cc1S(=O)(=O)N(C)CCN(C)C. The standard InChI is InChI=1S/C13H23N3O3S/c1-5-19-12-7-6-11(14)10-13(12)20(17,18)16(4)9-8-15(2)3/h6-7,10H,5,8-9,14H2,1-4H3. The summed E-state index contributed by atoms with van der Waals surface area (Å²) < 4.78 is 31.8. The van der Waals surface area contributed by atoms with E-state index in [1.165, 1.54) is 10.4 Å². The van der Waals surface area contributed by atoms with Gasteiger partial charge in [-0.05, 0) is 39.2 Å². The lowest BCUT2D eigenvalue weighted by atomic mass is 10.3. The normalized spacial score (nSPS) is 12.1. The van der Waals surface area contributed by atoms with E-state index in [2.05, 4.69) is 0 Å². The summed E-state index contributed by atoms with van der Waals surface area (Å²) in [4.78, 5) is 2.04. The number of benzene rings is 1. The Morgan fingerprint density at radius 1 is 1.20 bits per heavy atom. The van der Waals surface area contributed by atoms with Crippen LogP contribution in [0, 0.1) is 0 Å². The van der Waals surface area contributed by atoms with Crippen LogP contribution in [0.1, 0.15) is 6.92 Å². The zero-order chi connectivity index (χ0) is 15.3. The highest BCUT2D eigenvalue weighted by molar-refractivity contribution is 7.89. The Labute approximate surface area is 121 Å². The number of hydrogen-bond acceptors (Lipinski definition) is 5. The van der Waals surface area contributed by atoms with Crippen LogP contribution in [-0.4, -0.2) is 58.5 Å². The van der Waals surface area contributed by atoms with Crippen LogP contribution < -0.4 is 10.5 Å². The predicted molar refractivity (Wildman–Crippen MR) is 80.4 cm³/mol. The van der Waals surface area contributed by atoms with E-state index in [0.717, 1.165) is 0 Å². The average molecular weight is 301 g/mol. The highest BCUT2D eigenvalue weighted by Crippen LogP contribution is 2.28. The molecular formula is C13H23N3O3S. The summed E-state index contributed by atoms with van der Waals surface area (Å²) in [7, 11) is 1.74. The monoisotopic (exact) mass is 301 g/mol. The van der Waals surface area contributed by atoms with Gasteiger partial charge in [-0.1, -0.05) is 0 Å². The van der Waals surface area contributed by atoms with Gasteiger partial charge in [-0.3, -0.25) is 0 Å². The molecule has 20 heavy (non-hydrogen) atoms. The Bertz CT molecular complexity index is 544. The number of nitrogens with two attached hydrogens (primary N) is 1. The van der Waals surface area contributed by atoms with Crippen LogP contribution in [-0.2, 0) is 10.0 Å². The van der Waals surface area contributed by atoms with Gasteiger partial charge in [-0.25, -0.2) is 8.42 Å². The molecule has 0 saturated carbocycles. The first kappa shape index (κ1) is 16.7. The largest absolute Gasteiger partial charge is 0.492 e. The maximum Gasteiger partial charge on any atom is 0.246 e. The molecule has 1 rings (SSSR count). The fraction of sp³-hybridized carbons (Fsp3) is 0.538. The molecule has 0 fully saturated rings. The molecule has 0 heterocycles. The maximum absolute atomic E-state index is 12.6. The predicted octanol–water partition coefficient (Wildman–Crippen LogP) is 0.850. The third-order valence-corrected chi connectivity index (χ3v) is 4.70. The molecule has 0 radical (unpaired) electrons. The summed E-state index contributed by atoms with van der Waals surface area (Å²) in [5, 5.41) is 0. The number of anilines is 1. The quantitative estimate of drug-likeness (QED) is 0.756. The lowest BCUT2D eigenvalue weighted by Gasteiger charge is -2.21. The van der Waals surface area contributed by atoms with E-state index in [-0.39, 0.29) is 4.90 Å². The summed E-state index contributed by atoms with van der Waals surface area (Å²) >= 11 is 0. The molecule has 1 aromatic carbocycles. The fourth-order valence-corrected chi connectivity index (χ4v) is 2.95. The van der Waals surface area contributed by atoms with E-state index < -0.39 is 10.0 Å². The lowest BCUT2D eigenvalue weighted by Crippen LogP contribution is -2.33. The third kappa shape index (κ3) is 4.09. The second-order valence-corrected chi connectivity index (χ2v) is 6.78. The average Bonchev–Trinajstić information content (AvgIpc) is 2.38. The summed E-state index contributed by atoms with van der Waals surface area (Å²) in [5.74, 6) is 0.332. The summed E-state index contributed by atoms with van der Waals surface area (Å²) in [6, 6.07) is 4.65. The molecule has 0 aliphatic rings. The third-order valence-electron chi connectivity index (χ3n) is 2.82. The first-order valence-corrected chi connectivity index (χ1v) is 7.86. The molecule has 7 heteroatoms. The molecule has 0 aliphatic carbocycles. The van der Waals surface area contributed by atoms with Crippen molar-refractivity contribution in [2.45, 2.75) is 11.8 Å². The van der Waals surface area contributed by atoms with Crippen molar-refractivity contribution in [3.8, 4) is 5.75 Å². The first-order chi connectivity index (χ1) is 9.28. The Hall–Kier alpha value is -1.31. The van der Waals surface area contributed by atoms with Gasteiger partial charge in [0.15, 0.2) is 0 Å². The molecule has 0 unspecified atom stereocenters. The van der Waals surface area contributed by atoms with Gasteiger partial charge in [0, 0.05) is 25.8 Å². The molecule has 0 bridgehead atoms. The number of nitrogen functional groups attached to an aromatic ring is 1. The van der Waals surface area contributed by atoms with Crippen LogP contribution in [0.4, 0.5) is 5.69 Å². The van der Waals surface area contributed by atoms with Crippen LogP contribution in [0.5, 0.6) is 5.75 Å². The van der Waals surface area contributed by atoms with Crippen molar-refractivity contribution in [2.24, 2.45) is 0 Å². The Balaban J connectivity index is 3.10. The Morgan fingerprint density at radius 3 is 2.40 bits per heavy atom. The van der Waals surface area contributed by atoms with Crippen LogP contribution in [0.15, 0.2) is 23.1 Å². The molecule has 0 aromatic heterocycles. The Morgan fingerprint density at radius 2 is 1.85 bits per heavy atom. The minimum atomic E-state index is -3.61. The lowest BCUT2D eigenvalue weighted by molar-refractivity contribution is 0.327. The van der Waals surface area contributed by atoms with Crippen LogP contribution in [0.3, 0.4) is 0 Å². The van der Waals surface area contributed by atoms with E-state index in [1.807, 2.05) is 25.9 Å². The van der Waals surface area contributed by atoms with Gasteiger partial charge in [0.05, 0.1) is 6.61 Å². The highest BCUT2D eigenvalue weighted by Gasteiger charge is 2.25. The molecular weight excluding hydrogens is 278 g/mol. The first-order valence-electron chi connectivity index (χ1n) is 6.42. The van der Waals surface area contributed by atoms with Gasteiger partial charge in [0.2, 0.25) is 10.0 Å². The van der Waals surface area contributed by atoms with Crippen LogP contribution in [0.25, 0.3) is 0 Å². The molecule has 0 saturated heterocycles. The van der Waals surface area contributed by atoms with E-state index >= 15 is 0 Å². The van der Waals surface area contributed by atoms with E-state index in [0.29, 0.717) is 31.1 Å².